The third kappa shape index (κ3) is 1.30. The zero-order chi connectivity index (χ0) is 8.84. The third-order valence-electron chi connectivity index (χ3n) is 3.00. The first-order valence-electron chi connectivity index (χ1n) is 4.93. The van der Waals surface area contributed by atoms with E-state index in [0.29, 0.717) is 5.92 Å². The van der Waals surface area contributed by atoms with E-state index >= 15 is 0 Å². The van der Waals surface area contributed by atoms with E-state index in [2.05, 4.69) is 10.1 Å². The Kier molecular flexibility index (Phi) is 1.39. The highest BCUT2D eigenvalue weighted by molar-refractivity contribution is 5.15. The van der Waals surface area contributed by atoms with Crippen LogP contribution < -0.4 is 5.73 Å². The molecule has 1 aromatic heterocycles. The summed E-state index contributed by atoms with van der Waals surface area (Å²) < 4.78 is 5.14. The number of rotatable bonds is 3. The van der Waals surface area contributed by atoms with Crippen molar-refractivity contribution in [3.63, 3.8) is 0 Å². The molecule has 0 atom stereocenters. The SMILES string of the molecule is Nc1noc(C(C2CC2)C2CC2)n1. The number of nitrogen functional groups attached to an aromatic ring is 1. The van der Waals surface area contributed by atoms with Crippen molar-refractivity contribution < 1.29 is 4.52 Å². The number of nitrogens with two attached hydrogens (primary N) is 1. The van der Waals surface area contributed by atoms with Crippen molar-refractivity contribution in [1.82, 2.24) is 10.1 Å². The lowest BCUT2D eigenvalue weighted by atomic mass is 9.98. The standard InChI is InChI=1S/C9H13N3O/c10-9-11-8(13-12-9)7(5-1-2-5)6-3-4-6/h5-7H,1-4H2,(H2,10,12). The molecular formula is C9H13N3O. The largest absolute Gasteiger partial charge is 0.365 e. The fourth-order valence-corrected chi connectivity index (χ4v) is 2.08. The minimum Gasteiger partial charge on any atom is -0.365 e. The van der Waals surface area contributed by atoms with Crippen LogP contribution in [-0.2, 0) is 0 Å². The van der Waals surface area contributed by atoms with Gasteiger partial charge < -0.3 is 10.3 Å². The summed E-state index contributed by atoms with van der Waals surface area (Å²) in [6, 6.07) is 0. The van der Waals surface area contributed by atoms with Crippen LogP contribution in [0.1, 0.15) is 37.5 Å². The van der Waals surface area contributed by atoms with Gasteiger partial charge in [0.1, 0.15) is 0 Å². The molecule has 2 saturated carbocycles. The highest BCUT2D eigenvalue weighted by atomic mass is 16.5. The maximum absolute atomic E-state index is 5.44. The second-order valence-electron chi connectivity index (χ2n) is 4.19. The highest BCUT2D eigenvalue weighted by Crippen LogP contribution is 2.53. The number of hydrogen-bond acceptors (Lipinski definition) is 4. The topological polar surface area (TPSA) is 64.9 Å². The van der Waals surface area contributed by atoms with Gasteiger partial charge in [-0.25, -0.2) is 0 Å². The monoisotopic (exact) mass is 179 g/mol. The molecule has 70 valence electrons. The van der Waals surface area contributed by atoms with Gasteiger partial charge >= 0.3 is 0 Å². The van der Waals surface area contributed by atoms with Crippen molar-refractivity contribution in [1.29, 1.82) is 0 Å². The van der Waals surface area contributed by atoms with Crippen molar-refractivity contribution in [2.24, 2.45) is 11.8 Å². The lowest BCUT2D eigenvalue weighted by Gasteiger charge is -2.08. The number of aromatic nitrogens is 2. The number of anilines is 1. The molecule has 2 N–H and O–H groups in total. The molecule has 0 bridgehead atoms. The molecule has 0 unspecified atom stereocenters. The first-order valence-corrected chi connectivity index (χ1v) is 4.93. The van der Waals surface area contributed by atoms with Gasteiger partial charge in [0.05, 0.1) is 0 Å². The van der Waals surface area contributed by atoms with Gasteiger partial charge in [-0.05, 0) is 42.7 Å². The van der Waals surface area contributed by atoms with E-state index < -0.39 is 0 Å². The molecule has 0 radical (unpaired) electrons. The first kappa shape index (κ1) is 7.35. The molecule has 2 aliphatic carbocycles. The van der Waals surface area contributed by atoms with Crippen LogP contribution in [0.15, 0.2) is 4.52 Å². The summed E-state index contributed by atoms with van der Waals surface area (Å²) in [5.41, 5.74) is 5.44. The Bertz CT molecular complexity index is 302. The first-order chi connectivity index (χ1) is 6.34. The normalized spacial score (nSPS) is 22.5. The minimum atomic E-state index is 0.279. The van der Waals surface area contributed by atoms with Gasteiger partial charge in [0.15, 0.2) is 0 Å². The Balaban J connectivity index is 1.86. The predicted octanol–water partition coefficient (Wildman–Crippen LogP) is 1.56. The fourth-order valence-electron chi connectivity index (χ4n) is 2.08. The second kappa shape index (κ2) is 2.47. The molecule has 3 rings (SSSR count). The van der Waals surface area contributed by atoms with E-state index in [1.54, 1.807) is 0 Å². The van der Waals surface area contributed by atoms with E-state index in [-0.39, 0.29) is 5.95 Å². The molecule has 0 saturated heterocycles. The summed E-state index contributed by atoms with van der Waals surface area (Å²) in [4.78, 5) is 4.13. The summed E-state index contributed by atoms with van der Waals surface area (Å²) in [6.45, 7) is 0. The molecule has 0 aromatic carbocycles. The molecular weight excluding hydrogens is 166 g/mol. The maximum Gasteiger partial charge on any atom is 0.260 e. The van der Waals surface area contributed by atoms with Crippen molar-refractivity contribution in [3.8, 4) is 0 Å². The van der Waals surface area contributed by atoms with Crippen molar-refractivity contribution in [2.75, 3.05) is 5.73 Å². The third-order valence-corrected chi connectivity index (χ3v) is 3.00. The van der Waals surface area contributed by atoms with E-state index in [0.717, 1.165) is 17.7 Å². The quantitative estimate of drug-likeness (QED) is 0.764. The molecule has 0 spiro atoms. The van der Waals surface area contributed by atoms with Crippen molar-refractivity contribution in [3.05, 3.63) is 5.89 Å². The lowest BCUT2D eigenvalue weighted by molar-refractivity contribution is 0.326. The summed E-state index contributed by atoms with van der Waals surface area (Å²) in [5.74, 6) is 3.17. The summed E-state index contributed by atoms with van der Waals surface area (Å²) in [7, 11) is 0. The van der Waals surface area contributed by atoms with Gasteiger partial charge in [-0.3, -0.25) is 0 Å². The van der Waals surface area contributed by atoms with Crippen LogP contribution in [0.2, 0.25) is 0 Å². The Morgan fingerprint density at radius 1 is 1.23 bits per heavy atom. The Hall–Kier alpha value is -1.06. The molecule has 1 heterocycles. The van der Waals surface area contributed by atoms with Gasteiger partial charge in [0.25, 0.3) is 5.95 Å². The molecule has 2 aliphatic rings. The summed E-state index contributed by atoms with van der Waals surface area (Å²) in [6.07, 6.45) is 5.29. The second-order valence-corrected chi connectivity index (χ2v) is 4.19. The van der Waals surface area contributed by atoms with Crippen LogP contribution in [0.3, 0.4) is 0 Å². The molecule has 0 aliphatic heterocycles. The van der Waals surface area contributed by atoms with Gasteiger partial charge in [0.2, 0.25) is 5.89 Å². The maximum atomic E-state index is 5.44. The van der Waals surface area contributed by atoms with Gasteiger partial charge in [-0.1, -0.05) is 0 Å². The lowest BCUT2D eigenvalue weighted by Crippen LogP contribution is -2.04. The number of hydrogen-bond donors (Lipinski definition) is 1. The Morgan fingerprint density at radius 2 is 1.85 bits per heavy atom. The van der Waals surface area contributed by atoms with E-state index in [9.17, 15) is 0 Å². The van der Waals surface area contributed by atoms with E-state index in [4.69, 9.17) is 10.3 Å². The summed E-state index contributed by atoms with van der Waals surface area (Å²) in [5, 5.41) is 3.65. The highest BCUT2D eigenvalue weighted by Gasteiger charge is 2.45. The zero-order valence-electron chi connectivity index (χ0n) is 7.44. The smallest absolute Gasteiger partial charge is 0.260 e. The van der Waals surface area contributed by atoms with Crippen molar-refractivity contribution >= 4 is 5.95 Å². The molecule has 4 nitrogen and oxygen atoms in total. The number of nitrogens with zero attached hydrogens (tertiary/aromatic N) is 2. The average Bonchev–Trinajstić information content (AvgIpc) is 2.95. The molecule has 13 heavy (non-hydrogen) atoms. The minimum absolute atomic E-state index is 0.279. The predicted molar refractivity (Wildman–Crippen MR) is 46.9 cm³/mol. The van der Waals surface area contributed by atoms with E-state index in [1.165, 1.54) is 25.7 Å². The van der Waals surface area contributed by atoms with Crippen LogP contribution in [-0.4, -0.2) is 10.1 Å². The van der Waals surface area contributed by atoms with Gasteiger partial charge in [-0.2, -0.15) is 4.98 Å². The van der Waals surface area contributed by atoms with Crippen LogP contribution in [0.5, 0.6) is 0 Å². The van der Waals surface area contributed by atoms with Crippen LogP contribution in [0.25, 0.3) is 0 Å². The molecule has 2 fully saturated rings. The van der Waals surface area contributed by atoms with Crippen LogP contribution in [0.4, 0.5) is 5.95 Å². The Labute approximate surface area is 76.5 Å². The van der Waals surface area contributed by atoms with Gasteiger partial charge in [0, 0.05) is 5.92 Å². The molecule has 1 aromatic rings. The van der Waals surface area contributed by atoms with Crippen molar-refractivity contribution in [2.45, 2.75) is 31.6 Å². The average molecular weight is 179 g/mol. The molecule has 4 heteroatoms. The van der Waals surface area contributed by atoms with Crippen LogP contribution >= 0.6 is 0 Å². The summed E-state index contributed by atoms with van der Waals surface area (Å²) >= 11 is 0. The molecule has 0 amide bonds. The van der Waals surface area contributed by atoms with E-state index in [1.807, 2.05) is 0 Å². The van der Waals surface area contributed by atoms with Crippen LogP contribution in [0, 0.1) is 11.8 Å². The fraction of sp³-hybridized carbons (Fsp3) is 0.778. The zero-order valence-corrected chi connectivity index (χ0v) is 7.44. The Morgan fingerprint density at radius 3 is 2.23 bits per heavy atom. The van der Waals surface area contributed by atoms with Gasteiger partial charge in [-0.15, -0.1) is 0 Å².